The summed E-state index contributed by atoms with van der Waals surface area (Å²) in [4.78, 5) is 50.8. The highest BCUT2D eigenvalue weighted by molar-refractivity contribution is 5.81. The summed E-state index contributed by atoms with van der Waals surface area (Å²) in [5.74, 6) is 4.25. The molecule has 1 aliphatic heterocycles. The Morgan fingerprint density at radius 3 is 2.11 bits per heavy atom. The summed E-state index contributed by atoms with van der Waals surface area (Å²) in [5.41, 5.74) is -0.445. The summed E-state index contributed by atoms with van der Waals surface area (Å²) in [6.45, 7) is -0.391. The Bertz CT molecular complexity index is 2100. The fourth-order valence-corrected chi connectivity index (χ4v) is 6.37. The van der Waals surface area contributed by atoms with Crippen molar-refractivity contribution in [1.82, 2.24) is 20.2 Å². The number of rotatable bonds is 16. The molecule has 13 nitrogen and oxygen atoms in total. The molecular weight excluding hydrogens is 749 g/mol. The van der Waals surface area contributed by atoms with E-state index in [4.69, 9.17) is 18.9 Å². The minimum absolute atomic E-state index is 0.00100. The maximum Gasteiger partial charge on any atom is 0.471 e. The average Bonchev–Trinajstić information content (AvgIpc) is 3.58. The average molecular weight is 793 g/mol. The molecule has 3 atom stereocenters. The molecule has 2 heterocycles. The van der Waals surface area contributed by atoms with E-state index >= 15 is 0 Å². The minimum atomic E-state index is -4.94. The number of benzene rings is 3. The molecule has 0 bridgehead atoms. The van der Waals surface area contributed by atoms with Gasteiger partial charge in [-0.05, 0) is 53.8 Å². The second-order valence-electron chi connectivity index (χ2n) is 13.1. The second kappa shape index (κ2) is 19.3. The number of carbonyl (C=O) groups is 2. The van der Waals surface area contributed by atoms with Crippen molar-refractivity contribution in [2.75, 3.05) is 33.9 Å². The predicted octanol–water partition coefficient (Wildman–Crippen LogP) is 3.92. The molecule has 1 saturated heterocycles. The molecule has 0 radical (unpaired) electrons. The third kappa shape index (κ3) is 10.7. The Morgan fingerprint density at radius 2 is 1.51 bits per heavy atom. The number of hydrogen-bond donors (Lipinski definition) is 4. The number of aliphatic hydroxyl groups excluding tert-OH is 1. The highest BCUT2D eigenvalue weighted by Gasteiger charge is 2.42. The van der Waals surface area contributed by atoms with Crippen LogP contribution in [0.5, 0.6) is 11.5 Å². The molecule has 57 heavy (non-hydrogen) atoms. The van der Waals surface area contributed by atoms with Crippen molar-refractivity contribution < 1.29 is 46.8 Å². The van der Waals surface area contributed by atoms with Crippen molar-refractivity contribution in [2.24, 2.45) is 0 Å². The molecular formula is C41H43F3N4O9. The third-order valence-electron chi connectivity index (χ3n) is 9.34. The SMILES string of the molecule is COc1ccc(C(OC[C@H]2O[C@@H](n3cc(C#CCNC(=O)CCCCCNC(=O)C(F)(F)F)c(=O)[nH]c3=O)CC2O)(c2ccccc2)c2ccc(OC)cc2)cc1. The monoisotopic (exact) mass is 792 g/mol. The van der Waals surface area contributed by atoms with Crippen molar-refractivity contribution in [3.05, 3.63) is 128 Å². The summed E-state index contributed by atoms with van der Waals surface area (Å²) in [6.07, 6.45) is -5.49. The number of unbranched alkanes of at least 4 members (excludes halogenated alkanes) is 2. The van der Waals surface area contributed by atoms with Crippen molar-refractivity contribution in [3.8, 4) is 23.3 Å². The number of nitrogens with zero attached hydrogens (tertiary/aromatic N) is 1. The fraction of sp³-hybridized carbons (Fsp3) is 0.366. The predicted molar refractivity (Wildman–Crippen MR) is 202 cm³/mol. The molecule has 1 aliphatic rings. The van der Waals surface area contributed by atoms with Gasteiger partial charge in [0.05, 0.1) is 33.5 Å². The largest absolute Gasteiger partial charge is 0.497 e. The van der Waals surface area contributed by atoms with E-state index in [1.165, 1.54) is 6.20 Å². The Labute approximate surface area is 326 Å². The molecule has 2 amide bonds. The number of hydrogen-bond acceptors (Lipinski definition) is 9. The Morgan fingerprint density at radius 1 is 0.895 bits per heavy atom. The number of ether oxygens (including phenoxy) is 4. The molecule has 5 rings (SSSR count). The van der Waals surface area contributed by atoms with Gasteiger partial charge in [0.2, 0.25) is 5.91 Å². The van der Waals surface area contributed by atoms with Crippen LogP contribution in [0.25, 0.3) is 0 Å². The first kappa shape index (κ1) is 42.3. The number of aromatic nitrogens is 2. The highest BCUT2D eigenvalue weighted by Crippen LogP contribution is 2.42. The van der Waals surface area contributed by atoms with Gasteiger partial charge in [-0.1, -0.05) is 72.9 Å². The van der Waals surface area contributed by atoms with Gasteiger partial charge >= 0.3 is 17.8 Å². The Hall–Kier alpha value is -5.89. The van der Waals surface area contributed by atoms with Crippen LogP contribution in [-0.2, 0) is 24.7 Å². The van der Waals surface area contributed by atoms with Crippen molar-refractivity contribution >= 4 is 11.8 Å². The van der Waals surface area contributed by atoms with Crippen molar-refractivity contribution in [3.63, 3.8) is 0 Å². The van der Waals surface area contributed by atoms with Gasteiger partial charge in [0.25, 0.3) is 5.56 Å². The van der Waals surface area contributed by atoms with Gasteiger partial charge in [-0.25, -0.2) is 4.79 Å². The molecule has 4 aromatic rings. The van der Waals surface area contributed by atoms with Gasteiger partial charge in [0, 0.05) is 25.6 Å². The number of amides is 2. The first-order valence-electron chi connectivity index (χ1n) is 18.1. The molecule has 1 aromatic heterocycles. The molecule has 1 fully saturated rings. The first-order chi connectivity index (χ1) is 27.3. The molecule has 302 valence electrons. The van der Waals surface area contributed by atoms with Crippen LogP contribution in [0.4, 0.5) is 13.2 Å². The lowest BCUT2D eigenvalue weighted by atomic mass is 9.80. The van der Waals surface area contributed by atoms with Gasteiger partial charge in [-0.3, -0.25) is 23.9 Å². The lowest BCUT2D eigenvalue weighted by Gasteiger charge is -2.37. The Kier molecular flexibility index (Phi) is 14.3. The van der Waals surface area contributed by atoms with Gasteiger partial charge in [-0.15, -0.1) is 0 Å². The van der Waals surface area contributed by atoms with E-state index in [1.807, 2.05) is 78.9 Å². The number of alkyl halides is 3. The minimum Gasteiger partial charge on any atom is -0.497 e. The summed E-state index contributed by atoms with van der Waals surface area (Å²) in [5, 5.41) is 15.6. The van der Waals surface area contributed by atoms with E-state index < -0.39 is 47.4 Å². The standard InChI is InChI=1S/C41H43F3N4O9/c1-54-31-18-14-29(15-19-31)40(28-11-5-3-6-12-28,30-16-20-32(55-2)21-17-30)56-26-34-33(49)24-36(57-34)48-25-27(37(51)47-39(48)53)10-9-23-45-35(50)13-7-4-8-22-46-38(52)41(42,43)44/h3,5-6,11-12,14-21,25,33-34,36,49H,4,7-8,13,22-24,26H2,1-2H3,(H,45,50)(H,46,52)(H,47,51,53)/t33?,34-,36-/m1/s1. The summed E-state index contributed by atoms with van der Waals surface area (Å²) >= 11 is 0. The van der Waals surface area contributed by atoms with Gasteiger partial charge in [0.15, 0.2) is 0 Å². The van der Waals surface area contributed by atoms with E-state index in [0.717, 1.165) is 21.3 Å². The zero-order valence-corrected chi connectivity index (χ0v) is 31.3. The number of aromatic amines is 1. The van der Waals surface area contributed by atoms with Crippen LogP contribution < -0.4 is 31.4 Å². The maximum absolute atomic E-state index is 13.0. The van der Waals surface area contributed by atoms with E-state index in [0.29, 0.717) is 24.3 Å². The Balaban J connectivity index is 1.26. The smallest absolute Gasteiger partial charge is 0.471 e. The van der Waals surface area contributed by atoms with Gasteiger partial charge in [0.1, 0.15) is 35.0 Å². The fourth-order valence-electron chi connectivity index (χ4n) is 6.37. The molecule has 3 aromatic carbocycles. The van der Waals surface area contributed by atoms with E-state index in [9.17, 15) is 37.5 Å². The lowest BCUT2D eigenvalue weighted by Crippen LogP contribution is -2.38. The van der Waals surface area contributed by atoms with E-state index in [2.05, 4.69) is 22.1 Å². The molecule has 0 aliphatic carbocycles. The van der Waals surface area contributed by atoms with Gasteiger partial charge in [-0.2, -0.15) is 13.2 Å². The van der Waals surface area contributed by atoms with Crippen LogP contribution >= 0.6 is 0 Å². The summed E-state index contributed by atoms with van der Waals surface area (Å²) in [7, 11) is 3.16. The topological polar surface area (TPSA) is 170 Å². The molecule has 16 heteroatoms. The zero-order chi connectivity index (χ0) is 41.0. The molecule has 0 spiro atoms. The van der Waals surface area contributed by atoms with E-state index in [-0.39, 0.29) is 50.4 Å². The zero-order valence-electron chi connectivity index (χ0n) is 31.3. The molecule has 0 saturated carbocycles. The van der Waals surface area contributed by atoms with Crippen LogP contribution in [0.1, 0.15) is 60.6 Å². The van der Waals surface area contributed by atoms with E-state index in [1.54, 1.807) is 19.5 Å². The lowest BCUT2D eigenvalue weighted by molar-refractivity contribution is -0.173. The quantitative estimate of drug-likeness (QED) is 0.0747. The van der Waals surface area contributed by atoms with Crippen LogP contribution in [0.3, 0.4) is 0 Å². The first-order valence-corrected chi connectivity index (χ1v) is 18.1. The van der Waals surface area contributed by atoms with Crippen LogP contribution in [-0.4, -0.2) is 78.8 Å². The number of nitrogens with one attached hydrogen (secondary N) is 3. The van der Waals surface area contributed by atoms with Crippen molar-refractivity contribution in [2.45, 2.75) is 62.3 Å². The van der Waals surface area contributed by atoms with Crippen LogP contribution in [0.15, 0.2) is 94.6 Å². The summed E-state index contributed by atoms with van der Waals surface area (Å²) in [6, 6.07) is 24.5. The second-order valence-corrected chi connectivity index (χ2v) is 13.1. The molecule has 4 N–H and O–H groups in total. The normalized spacial score (nSPS) is 16.6. The number of aliphatic hydroxyl groups is 1. The number of carbonyl (C=O) groups excluding carboxylic acids is 2. The number of methoxy groups -OCH3 is 2. The highest BCUT2D eigenvalue weighted by atomic mass is 19.4. The summed E-state index contributed by atoms with van der Waals surface area (Å²) < 4.78 is 61.8. The van der Waals surface area contributed by atoms with Crippen LogP contribution in [0, 0.1) is 11.8 Å². The maximum atomic E-state index is 13.0. The van der Waals surface area contributed by atoms with Crippen LogP contribution in [0.2, 0.25) is 0 Å². The van der Waals surface area contributed by atoms with Crippen molar-refractivity contribution in [1.29, 1.82) is 0 Å². The number of H-pyrrole nitrogens is 1. The number of halogens is 3. The molecule has 1 unspecified atom stereocenters. The third-order valence-corrected chi connectivity index (χ3v) is 9.34. The van der Waals surface area contributed by atoms with Gasteiger partial charge < -0.3 is 34.7 Å².